The highest BCUT2D eigenvalue weighted by Gasteiger charge is 2.36. The minimum absolute atomic E-state index is 0.00490. The van der Waals surface area contributed by atoms with Crippen LogP contribution in [0.15, 0.2) is 53.0 Å². The highest BCUT2D eigenvalue weighted by atomic mass is 79.9. The fourth-order valence-electron chi connectivity index (χ4n) is 3.08. The number of esters is 2. The van der Waals surface area contributed by atoms with Gasteiger partial charge in [0.1, 0.15) is 0 Å². The Morgan fingerprint density at radius 3 is 2.27 bits per heavy atom. The molecular formula is C22H20BrNO6. The first kappa shape index (κ1) is 21.7. The van der Waals surface area contributed by atoms with Crippen molar-refractivity contribution in [2.24, 2.45) is 5.92 Å². The number of Topliss-reactive ketones (excluding diaryl/α,β-unsaturated/α-hetero) is 1. The van der Waals surface area contributed by atoms with Crippen molar-refractivity contribution in [1.82, 2.24) is 0 Å². The van der Waals surface area contributed by atoms with Gasteiger partial charge in [0.2, 0.25) is 5.91 Å². The standard InChI is InChI=1S/C22H20BrNO6/c1-2-29-21(27)15-5-9-18(10-6-15)24-12-16(11-20(24)26)22(28)30-13-19(25)14-3-7-17(23)8-4-14/h3-10,16H,2,11-13H2,1H3. The summed E-state index contributed by atoms with van der Waals surface area (Å²) in [6.07, 6.45) is 0.00490. The van der Waals surface area contributed by atoms with Crippen LogP contribution in [0.25, 0.3) is 0 Å². The van der Waals surface area contributed by atoms with E-state index in [4.69, 9.17) is 9.47 Å². The molecule has 0 radical (unpaired) electrons. The van der Waals surface area contributed by atoms with Crippen LogP contribution in [0.2, 0.25) is 0 Å². The van der Waals surface area contributed by atoms with Crippen molar-refractivity contribution in [2.45, 2.75) is 13.3 Å². The number of ketones is 1. The fraction of sp³-hybridized carbons (Fsp3) is 0.273. The first-order valence-corrected chi connectivity index (χ1v) is 10.2. The van der Waals surface area contributed by atoms with Crippen molar-refractivity contribution >= 4 is 45.2 Å². The number of rotatable bonds is 7. The monoisotopic (exact) mass is 473 g/mol. The van der Waals surface area contributed by atoms with E-state index in [1.165, 1.54) is 4.90 Å². The lowest BCUT2D eigenvalue weighted by Crippen LogP contribution is -2.27. The smallest absolute Gasteiger partial charge is 0.338 e. The van der Waals surface area contributed by atoms with Crippen LogP contribution in [0, 0.1) is 5.92 Å². The second-order valence-corrected chi connectivity index (χ2v) is 7.63. The van der Waals surface area contributed by atoms with Gasteiger partial charge in [-0.3, -0.25) is 14.4 Å². The maximum Gasteiger partial charge on any atom is 0.338 e. The molecule has 1 heterocycles. The van der Waals surface area contributed by atoms with E-state index in [2.05, 4.69) is 15.9 Å². The Balaban J connectivity index is 1.57. The number of hydrogen-bond acceptors (Lipinski definition) is 6. The van der Waals surface area contributed by atoms with Crippen LogP contribution >= 0.6 is 15.9 Å². The number of halogens is 1. The minimum Gasteiger partial charge on any atom is -0.462 e. The molecule has 0 N–H and O–H groups in total. The Morgan fingerprint density at radius 1 is 1.00 bits per heavy atom. The molecule has 2 aromatic carbocycles. The predicted molar refractivity (Wildman–Crippen MR) is 112 cm³/mol. The molecule has 0 aromatic heterocycles. The normalized spacial score (nSPS) is 15.7. The molecular weight excluding hydrogens is 454 g/mol. The summed E-state index contributed by atoms with van der Waals surface area (Å²) in [4.78, 5) is 50.1. The average Bonchev–Trinajstić information content (AvgIpc) is 3.14. The number of hydrogen-bond donors (Lipinski definition) is 0. The SMILES string of the molecule is CCOC(=O)c1ccc(N2CC(C(=O)OCC(=O)c3ccc(Br)cc3)CC2=O)cc1. The van der Waals surface area contributed by atoms with Crippen LogP contribution in [0.5, 0.6) is 0 Å². The van der Waals surface area contributed by atoms with E-state index >= 15 is 0 Å². The molecule has 1 aliphatic heterocycles. The summed E-state index contributed by atoms with van der Waals surface area (Å²) >= 11 is 3.29. The molecule has 30 heavy (non-hydrogen) atoms. The topological polar surface area (TPSA) is 90.0 Å². The van der Waals surface area contributed by atoms with Crippen molar-refractivity contribution < 1.29 is 28.7 Å². The van der Waals surface area contributed by atoms with E-state index in [-0.39, 0.29) is 37.9 Å². The van der Waals surface area contributed by atoms with E-state index < -0.39 is 17.9 Å². The van der Waals surface area contributed by atoms with Gasteiger partial charge in [0.15, 0.2) is 12.4 Å². The molecule has 7 nitrogen and oxygen atoms in total. The third-order valence-corrected chi connectivity index (χ3v) is 5.19. The highest BCUT2D eigenvalue weighted by molar-refractivity contribution is 9.10. The van der Waals surface area contributed by atoms with Gasteiger partial charge in [0.05, 0.1) is 18.1 Å². The van der Waals surface area contributed by atoms with Gasteiger partial charge in [-0.1, -0.05) is 28.1 Å². The van der Waals surface area contributed by atoms with Crippen LogP contribution < -0.4 is 4.90 Å². The van der Waals surface area contributed by atoms with E-state index in [1.54, 1.807) is 55.5 Å². The lowest BCUT2D eigenvalue weighted by Gasteiger charge is -2.17. The van der Waals surface area contributed by atoms with Gasteiger partial charge >= 0.3 is 11.9 Å². The van der Waals surface area contributed by atoms with Crippen molar-refractivity contribution in [3.8, 4) is 0 Å². The van der Waals surface area contributed by atoms with Gasteiger partial charge in [-0.25, -0.2) is 4.79 Å². The largest absolute Gasteiger partial charge is 0.462 e. The molecule has 1 saturated heterocycles. The Hall–Kier alpha value is -3.00. The first-order chi connectivity index (χ1) is 14.4. The van der Waals surface area contributed by atoms with Crippen molar-refractivity contribution in [3.63, 3.8) is 0 Å². The van der Waals surface area contributed by atoms with Gasteiger partial charge in [0.25, 0.3) is 0 Å². The zero-order valence-electron chi connectivity index (χ0n) is 16.3. The molecule has 8 heteroatoms. The molecule has 1 fully saturated rings. The lowest BCUT2D eigenvalue weighted by molar-refractivity contribution is -0.147. The molecule has 0 spiro atoms. The molecule has 1 amide bonds. The maximum atomic E-state index is 12.4. The zero-order chi connectivity index (χ0) is 21.7. The number of benzene rings is 2. The van der Waals surface area contributed by atoms with Crippen molar-refractivity contribution in [2.75, 3.05) is 24.7 Å². The van der Waals surface area contributed by atoms with E-state index in [0.29, 0.717) is 16.8 Å². The van der Waals surface area contributed by atoms with Gasteiger partial charge in [-0.2, -0.15) is 0 Å². The average molecular weight is 474 g/mol. The number of anilines is 1. The van der Waals surface area contributed by atoms with Gasteiger partial charge in [0, 0.05) is 28.7 Å². The second-order valence-electron chi connectivity index (χ2n) is 6.71. The first-order valence-electron chi connectivity index (χ1n) is 9.42. The molecule has 1 aliphatic rings. The summed E-state index contributed by atoms with van der Waals surface area (Å²) in [7, 11) is 0. The number of amides is 1. The Bertz CT molecular complexity index is 955. The van der Waals surface area contributed by atoms with Crippen LogP contribution in [-0.4, -0.2) is 43.4 Å². The molecule has 2 aromatic rings. The number of carbonyl (C=O) groups excluding carboxylic acids is 4. The third kappa shape index (κ3) is 5.13. The van der Waals surface area contributed by atoms with E-state index in [0.717, 1.165) is 4.47 Å². The Morgan fingerprint density at radius 2 is 1.63 bits per heavy atom. The summed E-state index contributed by atoms with van der Waals surface area (Å²) in [6, 6.07) is 13.2. The molecule has 1 unspecified atom stereocenters. The summed E-state index contributed by atoms with van der Waals surface area (Å²) in [5, 5.41) is 0. The highest BCUT2D eigenvalue weighted by Crippen LogP contribution is 2.26. The third-order valence-electron chi connectivity index (χ3n) is 4.66. The van der Waals surface area contributed by atoms with Gasteiger partial charge < -0.3 is 14.4 Å². The zero-order valence-corrected chi connectivity index (χ0v) is 17.9. The Labute approximate surface area is 182 Å². The molecule has 1 atom stereocenters. The maximum absolute atomic E-state index is 12.4. The minimum atomic E-state index is -0.653. The number of nitrogens with zero attached hydrogens (tertiary/aromatic N) is 1. The summed E-state index contributed by atoms with van der Waals surface area (Å²) in [5.41, 5.74) is 1.40. The van der Waals surface area contributed by atoms with Gasteiger partial charge in [-0.15, -0.1) is 0 Å². The number of ether oxygens (including phenoxy) is 2. The van der Waals surface area contributed by atoms with Crippen LogP contribution in [0.1, 0.15) is 34.1 Å². The second kappa shape index (κ2) is 9.67. The fourth-order valence-corrected chi connectivity index (χ4v) is 3.34. The molecule has 0 aliphatic carbocycles. The van der Waals surface area contributed by atoms with Gasteiger partial charge in [-0.05, 0) is 43.3 Å². The molecule has 156 valence electrons. The van der Waals surface area contributed by atoms with Crippen LogP contribution in [0.4, 0.5) is 5.69 Å². The Kier molecular flexibility index (Phi) is 6.99. The molecule has 3 rings (SSSR count). The van der Waals surface area contributed by atoms with Crippen LogP contribution in [-0.2, 0) is 19.1 Å². The quantitative estimate of drug-likeness (QED) is 0.452. The molecule has 0 bridgehead atoms. The molecule has 0 saturated carbocycles. The van der Waals surface area contributed by atoms with Crippen LogP contribution in [0.3, 0.4) is 0 Å². The van der Waals surface area contributed by atoms with Crippen molar-refractivity contribution in [3.05, 3.63) is 64.1 Å². The summed E-state index contributed by atoms with van der Waals surface area (Å²) in [5.74, 6) is -2.21. The number of carbonyl (C=O) groups is 4. The summed E-state index contributed by atoms with van der Waals surface area (Å²) in [6.45, 7) is 1.78. The van der Waals surface area contributed by atoms with E-state index in [9.17, 15) is 19.2 Å². The predicted octanol–water partition coefficient (Wildman–Crippen LogP) is 3.40. The lowest BCUT2D eigenvalue weighted by atomic mass is 10.1. The van der Waals surface area contributed by atoms with E-state index in [1.807, 2.05) is 0 Å². The summed E-state index contributed by atoms with van der Waals surface area (Å²) < 4.78 is 10.9. The van der Waals surface area contributed by atoms with Crippen molar-refractivity contribution in [1.29, 1.82) is 0 Å².